The molecule has 0 aromatic heterocycles. The standard InChI is InChI=1S/C32H34BF3O/c1-20-2-4-21(5-3-20)22-6-8-23(9-7-22)26-14-15-27(29(34)18-26)24-10-12-25(13-11-24)28-16-17-30(37-19-33)32(36)31(28)35/h8,10-18,20-22H,2-7,9,19,33H2,1H3. The van der Waals surface area contributed by atoms with Crippen LogP contribution in [0.4, 0.5) is 13.2 Å². The summed E-state index contributed by atoms with van der Waals surface area (Å²) in [6.07, 6.45) is 11.1. The van der Waals surface area contributed by atoms with Crippen LogP contribution in [-0.4, -0.2) is 14.4 Å². The summed E-state index contributed by atoms with van der Waals surface area (Å²) in [6.45, 7) is 2.62. The first-order chi connectivity index (χ1) is 17.9. The fourth-order valence-electron chi connectivity index (χ4n) is 6.10. The van der Waals surface area contributed by atoms with E-state index in [0.29, 0.717) is 16.7 Å². The first-order valence-corrected chi connectivity index (χ1v) is 13.6. The lowest BCUT2D eigenvalue weighted by Crippen LogP contribution is -2.22. The first-order valence-electron chi connectivity index (χ1n) is 13.6. The number of halogens is 3. The Morgan fingerprint density at radius 2 is 1.41 bits per heavy atom. The van der Waals surface area contributed by atoms with Gasteiger partial charge in [-0.05, 0) is 90.3 Å². The van der Waals surface area contributed by atoms with Crippen molar-refractivity contribution in [2.24, 2.45) is 17.8 Å². The van der Waals surface area contributed by atoms with E-state index in [1.165, 1.54) is 49.8 Å². The molecule has 0 radical (unpaired) electrons. The van der Waals surface area contributed by atoms with Crippen LogP contribution in [0.3, 0.4) is 0 Å². The maximum Gasteiger partial charge on any atom is 0.201 e. The van der Waals surface area contributed by atoms with Gasteiger partial charge in [0.05, 0.1) is 6.51 Å². The van der Waals surface area contributed by atoms with Crippen molar-refractivity contribution in [1.82, 2.24) is 0 Å². The van der Waals surface area contributed by atoms with Crippen molar-refractivity contribution in [3.63, 3.8) is 0 Å². The number of allylic oxidation sites excluding steroid dienone is 2. The Morgan fingerprint density at radius 3 is 2.03 bits per heavy atom. The van der Waals surface area contributed by atoms with E-state index in [4.69, 9.17) is 4.74 Å². The molecule has 1 saturated carbocycles. The molecule has 0 heterocycles. The summed E-state index contributed by atoms with van der Waals surface area (Å²) >= 11 is 0. The zero-order chi connectivity index (χ0) is 25.9. The van der Waals surface area contributed by atoms with Gasteiger partial charge >= 0.3 is 0 Å². The molecule has 1 unspecified atom stereocenters. The lowest BCUT2D eigenvalue weighted by atomic mass is 9.71. The van der Waals surface area contributed by atoms with E-state index in [1.807, 2.05) is 12.1 Å². The quantitative estimate of drug-likeness (QED) is 0.308. The van der Waals surface area contributed by atoms with Gasteiger partial charge in [0.1, 0.15) is 5.82 Å². The van der Waals surface area contributed by atoms with Gasteiger partial charge in [-0.1, -0.05) is 62.2 Å². The Kier molecular flexibility index (Phi) is 7.78. The van der Waals surface area contributed by atoms with E-state index < -0.39 is 11.6 Å². The highest BCUT2D eigenvalue weighted by Gasteiger charge is 2.27. The molecule has 3 aromatic carbocycles. The van der Waals surface area contributed by atoms with Gasteiger partial charge in [0, 0.05) is 11.1 Å². The molecule has 0 aliphatic heterocycles. The minimum absolute atomic E-state index is 0.102. The van der Waals surface area contributed by atoms with Gasteiger partial charge in [0.2, 0.25) is 5.82 Å². The number of hydrogen-bond donors (Lipinski definition) is 0. The molecule has 0 spiro atoms. The van der Waals surface area contributed by atoms with Crippen LogP contribution in [0.25, 0.3) is 27.8 Å². The molecule has 5 heteroatoms. The second-order valence-electron chi connectivity index (χ2n) is 10.7. The zero-order valence-corrected chi connectivity index (χ0v) is 21.7. The lowest BCUT2D eigenvalue weighted by molar-refractivity contribution is 0.202. The van der Waals surface area contributed by atoms with Gasteiger partial charge in [-0.25, -0.2) is 8.78 Å². The monoisotopic (exact) mass is 502 g/mol. The summed E-state index contributed by atoms with van der Waals surface area (Å²) in [6, 6.07) is 15.3. The summed E-state index contributed by atoms with van der Waals surface area (Å²) in [7, 11) is 1.72. The molecule has 2 aliphatic rings. The highest BCUT2D eigenvalue weighted by molar-refractivity contribution is 6.08. The van der Waals surface area contributed by atoms with E-state index in [0.717, 1.165) is 36.2 Å². The molecule has 0 amide bonds. The Hall–Kier alpha value is -2.95. The van der Waals surface area contributed by atoms with E-state index in [1.54, 1.807) is 38.2 Å². The average molecular weight is 502 g/mol. The molecule has 2 aliphatic carbocycles. The van der Waals surface area contributed by atoms with Gasteiger partial charge in [0.25, 0.3) is 0 Å². The third-order valence-corrected chi connectivity index (χ3v) is 8.37. The Bertz CT molecular complexity index is 1280. The number of hydrogen-bond acceptors (Lipinski definition) is 1. The van der Waals surface area contributed by atoms with Gasteiger partial charge in [-0.2, -0.15) is 4.39 Å². The Morgan fingerprint density at radius 1 is 0.757 bits per heavy atom. The van der Waals surface area contributed by atoms with Gasteiger partial charge < -0.3 is 4.74 Å². The third kappa shape index (κ3) is 5.51. The molecular formula is C32H34BF3O. The minimum Gasteiger partial charge on any atom is -0.500 e. The SMILES string of the molecule is BCOc1ccc(-c2ccc(-c3ccc(C4=CCC(C5CCC(C)CC5)CC4)cc3F)cc2)c(F)c1F. The van der Waals surface area contributed by atoms with Crippen LogP contribution in [0.15, 0.2) is 60.7 Å². The summed E-state index contributed by atoms with van der Waals surface area (Å²) in [5.41, 5.74) is 4.07. The normalized spacial score (nSPS) is 21.9. The predicted molar refractivity (Wildman–Crippen MR) is 148 cm³/mol. The van der Waals surface area contributed by atoms with E-state index in [9.17, 15) is 8.78 Å². The maximum atomic E-state index is 15.2. The van der Waals surface area contributed by atoms with Crippen LogP contribution in [0, 0.1) is 35.2 Å². The summed E-state index contributed by atoms with van der Waals surface area (Å²) < 4.78 is 49.2. The fourth-order valence-corrected chi connectivity index (χ4v) is 6.10. The van der Waals surface area contributed by atoms with Crippen LogP contribution >= 0.6 is 0 Å². The molecule has 1 atom stereocenters. The molecule has 0 N–H and O–H groups in total. The molecule has 1 fully saturated rings. The van der Waals surface area contributed by atoms with Crippen LogP contribution in [0.2, 0.25) is 0 Å². The minimum atomic E-state index is -0.998. The van der Waals surface area contributed by atoms with Crippen LogP contribution in [0.1, 0.15) is 57.4 Å². The Balaban J connectivity index is 1.29. The molecule has 5 rings (SSSR count). The van der Waals surface area contributed by atoms with E-state index in [-0.39, 0.29) is 23.6 Å². The van der Waals surface area contributed by atoms with Crippen molar-refractivity contribution < 1.29 is 17.9 Å². The second kappa shape index (κ2) is 11.2. The maximum absolute atomic E-state index is 15.2. The summed E-state index contributed by atoms with van der Waals surface area (Å²) in [5.74, 6) is 0.177. The first kappa shape index (κ1) is 25.7. The van der Waals surface area contributed by atoms with Crippen LogP contribution < -0.4 is 4.74 Å². The van der Waals surface area contributed by atoms with Crippen molar-refractivity contribution >= 4 is 13.4 Å². The van der Waals surface area contributed by atoms with Gasteiger partial charge in [-0.3, -0.25) is 0 Å². The number of rotatable bonds is 6. The fraction of sp³-hybridized carbons (Fsp3) is 0.375. The largest absolute Gasteiger partial charge is 0.500 e. The van der Waals surface area contributed by atoms with Crippen molar-refractivity contribution in [3.05, 3.63) is 83.7 Å². The van der Waals surface area contributed by atoms with E-state index >= 15 is 4.39 Å². The van der Waals surface area contributed by atoms with Crippen molar-refractivity contribution in [2.75, 3.05) is 6.51 Å². The van der Waals surface area contributed by atoms with Crippen LogP contribution in [-0.2, 0) is 0 Å². The molecule has 3 aromatic rings. The highest BCUT2D eigenvalue weighted by atomic mass is 19.2. The molecular weight excluding hydrogens is 468 g/mol. The molecule has 0 bridgehead atoms. The number of ether oxygens (including phenoxy) is 1. The molecule has 37 heavy (non-hydrogen) atoms. The lowest BCUT2D eigenvalue weighted by Gasteiger charge is -2.34. The Labute approximate surface area is 219 Å². The number of benzene rings is 3. The highest BCUT2D eigenvalue weighted by Crippen LogP contribution is 2.41. The van der Waals surface area contributed by atoms with Crippen molar-refractivity contribution in [2.45, 2.75) is 51.9 Å². The second-order valence-corrected chi connectivity index (χ2v) is 10.7. The smallest absolute Gasteiger partial charge is 0.201 e. The van der Waals surface area contributed by atoms with Crippen molar-refractivity contribution in [1.29, 1.82) is 0 Å². The topological polar surface area (TPSA) is 9.23 Å². The van der Waals surface area contributed by atoms with Gasteiger partial charge in [0.15, 0.2) is 19.4 Å². The average Bonchev–Trinajstić information content (AvgIpc) is 2.92. The van der Waals surface area contributed by atoms with Gasteiger partial charge in [-0.15, -0.1) is 0 Å². The summed E-state index contributed by atoms with van der Waals surface area (Å²) in [4.78, 5) is 0. The van der Waals surface area contributed by atoms with Crippen molar-refractivity contribution in [3.8, 4) is 28.0 Å². The van der Waals surface area contributed by atoms with E-state index in [2.05, 4.69) is 13.0 Å². The molecule has 0 saturated heterocycles. The summed E-state index contributed by atoms with van der Waals surface area (Å²) in [5, 5.41) is 0. The predicted octanol–water partition coefficient (Wildman–Crippen LogP) is 8.42. The van der Waals surface area contributed by atoms with Crippen LogP contribution in [0.5, 0.6) is 5.75 Å². The molecule has 1 nitrogen and oxygen atoms in total. The third-order valence-electron chi connectivity index (χ3n) is 8.37. The molecule has 192 valence electrons. The zero-order valence-electron chi connectivity index (χ0n) is 21.7.